The number of benzene rings is 1. The molecule has 0 heterocycles. The van der Waals surface area contributed by atoms with Crippen molar-refractivity contribution in [2.75, 3.05) is 19.7 Å². The van der Waals surface area contributed by atoms with E-state index in [-0.39, 0.29) is 18.4 Å². The van der Waals surface area contributed by atoms with Crippen LogP contribution in [0, 0.1) is 0 Å². The lowest BCUT2D eigenvalue weighted by atomic mass is 10.1. The molecule has 5 heteroatoms. The number of phenols is 1. The molecule has 0 saturated carbocycles. The number of hydrogen-bond donors (Lipinski definition) is 4. The number of rotatable bonds is 7. The first-order valence-corrected chi connectivity index (χ1v) is 6.13. The van der Waals surface area contributed by atoms with Gasteiger partial charge in [-0.1, -0.05) is 12.1 Å². The van der Waals surface area contributed by atoms with Crippen molar-refractivity contribution >= 4 is 6.03 Å². The lowest BCUT2D eigenvalue weighted by molar-refractivity contribution is 0.238. The van der Waals surface area contributed by atoms with E-state index in [2.05, 4.69) is 10.6 Å². The van der Waals surface area contributed by atoms with Crippen LogP contribution < -0.4 is 10.6 Å². The van der Waals surface area contributed by atoms with Crippen molar-refractivity contribution in [2.45, 2.75) is 19.3 Å². The lowest BCUT2D eigenvalue weighted by Gasteiger charge is -2.07. The number of urea groups is 1. The molecule has 0 aromatic heterocycles. The fourth-order valence-corrected chi connectivity index (χ4v) is 1.50. The molecule has 0 aliphatic rings. The molecule has 1 aromatic carbocycles. The average molecular weight is 252 g/mol. The molecule has 5 nitrogen and oxygen atoms in total. The summed E-state index contributed by atoms with van der Waals surface area (Å²) in [7, 11) is 0. The number of amides is 2. The van der Waals surface area contributed by atoms with Crippen molar-refractivity contribution in [3.05, 3.63) is 29.8 Å². The first-order chi connectivity index (χ1) is 8.72. The van der Waals surface area contributed by atoms with Crippen LogP contribution in [0.1, 0.15) is 18.4 Å². The predicted octanol–water partition coefficient (Wildman–Crippen LogP) is 1.01. The fourth-order valence-electron chi connectivity index (χ4n) is 1.50. The average Bonchev–Trinajstić information content (AvgIpc) is 2.37. The number of aryl methyl sites for hydroxylation is 1. The Kier molecular flexibility index (Phi) is 6.64. The Labute approximate surface area is 107 Å². The molecule has 0 bridgehead atoms. The first kappa shape index (κ1) is 14.3. The topological polar surface area (TPSA) is 81.6 Å². The van der Waals surface area contributed by atoms with Crippen molar-refractivity contribution < 1.29 is 15.0 Å². The third-order valence-corrected chi connectivity index (χ3v) is 2.48. The van der Waals surface area contributed by atoms with Crippen molar-refractivity contribution in [1.82, 2.24) is 10.6 Å². The summed E-state index contributed by atoms with van der Waals surface area (Å²) >= 11 is 0. The number of aliphatic hydroxyl groups excluding tert-OH is 1. The smallest absolute Gasteiger partial charge is 0.314 e. The molecule has 0 radical (unpaired) electrons. The van der Waals surface area contributed by atoms with Gasteiger partial charge < -0.3 is 20.8 Å². The standard InChI is InChI=1S/C13H20N2O3/c16-10-2-9-15-13(18)14-8-1-3-11-4-6-12(17)7-5-11/h4-7,16-17H,1-3,8-10H2,(H2,14,15,18). The van der Waals surface area contributed by atoms with E-state index < -0.39 is 0 Å². The minimum absolute atomic E-state index is 0.0845. The highest BCUT2D eigenvalue weighted by molar-refractivity contribution is 5.73. The van der Waals surface area contributed by atoms with Crippen molar-refractivity contribution in [1.29, 1.82) is 0 Å². The zero-order valence-electron chi connectivity index (χ0n) is 10.4. The second-order valence-corrected chi connectivity index (χ2v) is 4.03. The van der Waals surface area contributed by atoms with Crippen LogP contribution >= 0.6 is 0 Å². The van der Waals surface area contributed by atoms with Gasteiger partial charge in [-0.3, -0.25) is 0 Å². The zero-order chi connectivity index (χ0) is 13.2. The third-order valence-electron chi connectivity index (χ3n) is 2.48. The van der Waals surface area contributed by atoms with Crippen molar-refractivity contribution in [3.63, 3.8) is 0 Å². The molecule has 4 N–H and O–H groups in total. The largest absolute Gasteiger partial charge is 0.508 e. The molecule has 0 aliphatic carbocycles. The maximum Gasteiger partial charge on any atom is 0.314 e. The summed E-state index contributed by atoms with van der Waals surface area (Å²) in [5.41, 5.74) is 1.13. The van der Waals surface area contributed by atoms with Crippen LogP contribution in [0.2, 0.25) is 0 Å². The van der Waals surface area contributed by atoms with E-state index in [1.165, 1.54) is 0 Å². The first-order valence-electron chi connectivity index (χ1n) is 6.13. The summed E-state index contributed by atoms with van der Waals surface area (Å²) in [6.07, 6.45) is 2.27. The van der Waals surface area contributed by atoms with Crippen LogP contribution in [0.3, 0.4) is 0 Å². The summed E-state index contributed by atoms with van der Waals surface area (Å²) in [5.74, 6) is 0.264. The molecule has 0 atom stereocenters. The molecule has 0 unspecified atom stereocenters. The van der Waals surface area contributed by atoms with Gasteiger partial charge in [-0.15, -0.1) is 0 Å². The molecule has 2 amide bonds. The molecule has 1 rings (SSSR count). The minimum atomic E-state index is -0.200. The van der Waals surface area contributed by atoms with Gasteiger partial charge in [0.1, 0.15) is 5.75 Å². The van der Waals surface area contributed by atoms with Gasteiger partial charge in [-0.25, -0.2) is 4.79 Å². The van der Waals surface area contributed by atoms with Gasteiger partial charge in [0.05, 0.1) is 0 Å². The Balaban J connectivity index is 2.07. The van der Waals surface area contributed by atoms with Gasteiger partial charge in [0, 0.05) is 19.7 Å². The van der Waals surface area contributed by atoms with E-state index in [0.29, 0.717) is 19.5 Å². The summed E-state index contributed by atoms with van der Waals surface area (Å²) in [6, 6.07) is 6.86. The second-order valence-electron chi connectivity index (χ2n) is 4.03. The summed E-state index contributed by atoms with van der Waals surface area (Å²) in [4.78, 5) is 11.2. The van der Waals surface area contributed by atoms with E-state index in [0.717, 1.165) is 18.4 Å². The molecule has 0 aliphatic heterocycles. The predicted molar refractivity (Wildman–Crippen MR) is 69.5 cm³/mol. The lowest BCUT2D eigenvalue weighted by Crippen LogP contribution is -2.36. The van der Waals surface area contributed by atoms with Gasteiger partial charge in [-0.05, 0) is 37.0 Å². The molecular formula is C13H20N2O3. The van der Waals surface area contributed by atoms with E-state index in [9.17, 15) is 4.79 Å². The van der Waals surface area contributed by atoms with Crippen LogP contribution in [0.15, 0.2) is 24.3 Å². The van der Waals surface area contributed by atoms with Crippen LogP contribution in [0.4, 0.5) is 4.79 Å². The highest BCUT2D eigenvalue weighted by Crippen LogP contribution is 2.10. The Hall–Kier alpha value is -1.75. The SMILES string of the molecule is O=C(NCCCO)NCCCc1ccc(O)cc1. The van der Waals surface area contributed by atoms with Crippen LogP contribution in [-0.4, -0.2) is 35.9 Å². The van der Waals surface area contributed by atoms with Crippen LogP contribution in [0.25, 0.3) is 0 Å². The monoisotopic (exact) mass is 252 g/mol. The molecule has 18 heavy (non-hydrogen) atoms. The highest BCUT2D eigenvalue weighted by atomic mass is 16.3. The number of aliphatic hydroxyl groups is 1. The van der Waals surface area contributed by atoms with E-state index in [1.54, 1.807) is 12.1 Å². The quantitative estimate of drug-likeness (QED) is 0.547. The van der Waals surface area contributed by atoms with Gasteiger partial charge in [0.2, 0.25) is 0 Å². The van der Waals surface area contributed by atoms with Gasteiger partial charge in [0.25, 0.3) is 0 Å². The van der Waals surface area contributed by atoms with Crippen molar-refractivity contribution in [2.24, 2.45) is 0 Å². The Morgan fingerprint density at radius 3 is 2.28 bits per heavy atom. The summed E-state index contributed by atoms with van der Waals surface area (Å²) < 4.78 is 0. The van der Waals surface area contributed by atoms with Crippen LogP contribution in [-0.2, 0) is 6.42 Å². The maximum atomic E-state index is 11.2. The number of aromatic hydroxyl groups is 1. The molecular weight excluding hydrogens is 232 g/mol. The molecule has 0 saturated heterocycles. The maximum absolute atomic E-state index is 11.2. The van der Waals surface area contributed by atoms with E-state index in [1.807, 2.05) is 12.1 Å². The number of hydrogen-bond acceptors (Lipinski definition) is 3. The van der Waals surface area contributed by atoms with E-state index >= 15 is 0 Å². The number of carbonyl (C=O) groups is 1. The molecule has 1 aromatic rings. The zero-order valence-corrected chi connectivity index (χ0v) is 10.4. The Bertz CT molecular complexity index is 352. The number of carbonyl (C=O) groups excluding carboxylic acids is 1. The van der Waals surface area contributed by atoms with Crippen LogP contribution in [0.5, 0.6) is 5.75 Å². The number of nitrogens with one attached hydrogen (secondary N) is 2. The Morgan fingerprint density at radius 1 is 1.06 bits per heavy atom. The van der Waals surface area contributed by atoms with Gasteiger partial charge >= 0.3 is 6.03 Å². The van der Waals surface area contributed by atoms with E-state index in [4.69, 9.17) is 10.2 Å². The third kappa shape index (κ3) is 6.10. The van der Waals surface area contributed by atoms with Crippen molar-refractivity contribution in [3.8, 4) is 5.75 Å². The molecule has 0 fully saturated rings. The highest BCUT2D eigenvalue weighted by Gasteiger charge is 1.98. The summed E-state index contributed by atoms with van der Waals surface area (Å²) in [6.45, 7) is 1.17. The normalized spacial score (nSPS) is 10.1. The number of phenolic OH excluding ortho intramolecular Hbond substituents is 1. The Morgan fingerprint density at radius 2 is 1.67 bits per heavy atom. The fraction of sp³-hybridized carbons (Fsp3) is 0.462. The minimum Gasteiger partial charge on any atom is -0.508 e. The molecule has 0 spiro atoms. The molecule has 100 valence electrons. The second kappa shape index (κ2) is 8.36. The summed E-state index contributed by atoms with van der Waals surface area (Å²) in [5, 5.41) is 23.1. The van der Waals surface area contributed by atoms with Gasteiger partial charge in [-0.2, -0.15) is 0 Å². The van der Waals surface area contributed by atoms with Gasteiger partial charge in [0.15, 0.2) is 0 Å².